The van der Waals surface area contributed by atoms with Gasteiger partial charge in [-0.2, -0.15) is 0 Å². The molecule has 3 fully saturated rings. The number of hydrogen-bond acceptors (Lipinski definition) is 2. The van der Waals surface area contributed by atoms with E-state index in [1.54, 1.807) is 0 Å². The summed E-state index contributed by atoms with van der Waals surface area (Å²) in [4.78, 5) is 11.6. The average molecular weight is 166 g/mol. The second kappa shape index (κ2) is 2.11. The van der Waals surface area contributed by atoms with Gasteiger partial charge in [0, 0.05) is 17.3 Å². The maximum absolute atomic E-state index is 11.6. The molecule has 1 spiro atoms. The van der Waals surface area contributed by atoms with E-state index in [2.05, 4.69) is 0 Å². The summed E-state index contributed by atoms with van der Waals surface area (Å²) in [6.45, 7) is 1.59. The first kappa shape index (κ1) is 7.07. The molecule has 0 aromatic rings. The van der Waals surface area contributed by atoms with Crippen LogP contribution in [0.25, 0.3) is 0 Å². The lowest BCUT2D eigenvalue weighted by Gasteiger charge is -2.52. The highest BCUT2D eigenvalue weighted by Crippen LogP contribution is 2.59. The Bertz CT molecular complexity index is 236. The van der Waals surface area contributed by atoms with Gasteiger partial charge < -0.3 is 4.74 Å². The van der Waals surface area contributed by atoms with Crippen molar-refractivity contribution < 1.29 is 9.53 Å². The summed E-state index contributed by atoms with van der Waals surface area (Å²) in [5.74, 6) is 1.19. The van der Waals surface area contributed by atoms with Crippen molar-refractivity contribution in [2.24, 2.45) is 17.3 Å². The second-order valence-electron chi connectivity index (χ2n) is 4.50. The van der Waals surface area contributed by atoms with Gasteiger partial charge in [-0.1, -0.05) is 12.8 Å². The third-order valence-electron chi connectivity index (χ3n) is 4.12. The molecule has 66 valence electrons. The highest BCUT2D eigenvalue weighted by atomic mass is 16.5. The summed E-state index contributed by atoms with van der Waals surface area (Å²) in [6, 6.07) is 0. The number of carbonyl (C=O) groups is 1. The minimum atomic E-state index is 0.294. The zero-order chi connectivity index (χ0) is 8.18. The minimum absolute atomic E-state index is 0.294. The fraction of sp³-hybridized carbons (Fsp3) is 0.900. The van der Waals surface area contributed by atoms with Gasteiger partial charge in [-0.15, -0.1) is 0 Å². The summed E-state index contributed by atoms with van der Waals surface area (Å²) in [5.41, 5.74) is 0.329. The predicted octanol–water partition coefficient (Wildman–Crippen LogP) is 1.39. The number of hydrogen-bond donors (Lipinski definition) is 0. The highest BCUT2D eigenvalue weighted by molar-refractivity contribution is 5.92. The van der Waals surface area contributed by atoms with Crippen molar-refractivity contribution in [3.63, 3.8) is 0 Å². The van der Waals surface area contributed by atoms with E-state index in [0.717, 1.165) is 19.6 Å². The van der Waals surface area contributed by atoms with Crippen LogP contribution < -0.4 is 0 Å². The third-order valence-corrected chi connectivity index (χ3v) is 4.12. The Morgan fingerprint density at radius 3 is 3.17 bits per heavy atom. The Labute approximate surface area is 72.3 Å². The van der Waals surface area contributed by atoms with Gasteiger partial charge in [-0.05, 0) is 12.8 Å². The monoisotopic (exact) mass is 166 g/mol. The second-order valence-corrected chi connectivity index (χ2v) is 4.50. The number of carbonyl (C=O) groups excluding carboxylic acids is 1. The van der Waals surface area contributed by atoms with Crippen LogP contribution in [-0.2, 0) is 9.53 Å². The van der Waals surface area contributed by atoms with Crippen molar-refractivity contribution in [3.8, 4) is 0 Å². The molecule has 1 aliphatic heterocycles. The van der Waals surface area contributed by atoms with Gasteiger partial charge in [0.1, 0.15) is 5.78 Å². The predicted molar refractivity (Wildman–Crippen MR) is 43.7 cm³/mol. The molecule has 12 heavy (non-hydrogen) atoms. The van der Waals surface area contributed by atoms with Crippen LogP contribution >= 0.6 is 0 Å². The lowest BCUT2D eigenvalue weighted by Crippen LogP contribution is -2.58. The van der Waals surface area contributed by atoms with E-state index >= 15 is 0 Å². The summed E-state index contributed by atoms with van der Waals surface area (Å²) >= 11 is 0. The van der Waals surface area contributed by atoms with Gasteiger partial charge in [0.15, 0.2) is 0 Å². The smallest absolute Gasteiger partial charge is 0.142 e. The first-order valence-electron chi connectivity index (χ1n) is 4.96. The van der Waals surface area contributed by atoms with Crippen LogP contribution in [0, 0.1) is 17.3 Å². The van der Waals surface area contributed by atoms with Crippen molar-refractivity contribution in [3.05, 3.63) is 0 Å². The zero-order valence-corrected chi connectivity index (χ0v) is 7.21. The molecule has 2 aliphatic carbocycles. The fourth-order valence-corrected chi connectivity index (χ4v) is 3.43. The van der Waals surface area contributed by atoms with Crippen molar-refractivity contribution in [2.45, 2.75) is 25.7 Å². The van der Waals surface area contributed by atoms with Crippen LogP contribution in [0.2, 0.25) is 0 Å². The molecule has 0 aromatic heterocycles. The van der Waals surface area contributed by atoms with E-state index in [-0.39, 0.29) is 0 Å². The Balaban J connectivity index is 1.94. The van der Waals surface area contributed by atoms with Gasteiger partial charge in [-0.25, -0.2) is 0 Å². The Hall–Kier alpha value is -0.370. The quantitative estimate of drug-likeness (QED) is 0.543. The molecule has 2 heteroatoms. The summed E-state index contributed by atoms with van der Waals surface area (Å²) < 4.78 is 5.44. The Morgan fingerprint density at radius 1 is 1.33 bits per heavy atom. The van der Waals surface area contributed by atoms with Crippen LogP contribution in [0.5, 0.6) is 0 Å². The molecule has 3 rings (SSSR count). The highest BCUT2D eigenvalue weighted by Gasteiger charge is 2.64. The van der Waals surface area contributed by atoms with E-state index in [9.17, 15) is 4.79 Å². The fourth-order valence-electron chi connectivity index (χ4n) is 3.43. The molecule has 0 N–H and O–H groups in total. The van der Waals surface area contributed by atoms with Crippen LogP contribution in [0.15, 0.2) is 0 Å². The van der Waals surface area contributed by atoms with Crippen LogP contribution in [0.1, 0.15) is 25.7 Å². The van der Waals surface area contributed by atoms with Gasteiger partial charge in [0.05, 0.1) is 13.2 Å². The summed E-state index contributed by atoms with van der Waals surface area (Å²) in [6.07, 6.45) is 4.95. The third kappa shape index (κ3) is 0.598. The number of ether oxygens (including phenoxy) is 1. The van der Waals surface area contributed by atoms with Crippen LogP contribution in [0.4, 0.5) is 0 Å². The summed E-state index contributed by atoms with van der Waals surface area (Å²) in [7, 11) is 0. The largest absolute Gasteiger partial charge is 0.380 e. The number of ketones is 1. The summed E-state index contributed by atoms with van der Waals surface area (Å²) in [5, 5.41) is 0. The van der Waals surface area contributed by atoms with Crippen molar-refractivity contribution in [2.75, 3.05) is 13.2 Å². The average Bonchev–Trinajstić information content (AvgIpc) is 2.43. The lowest BCUT2D eigenvalue weighted by molar-refractivity contribution is -0.155. The van der Waals surface area contributed by atoms with Crippen LogP contribution in [0.3, 0.4) is 0 Å². The van der Waals surface area contributed by atoms with Gasteiger partial charge in [-0.3, -0.25) is 4.79 Å². The normalized spacial score (nSPS) is 51.2. The van der Waals surface area contributed by atoms with Gasteiger partial charge in [0.2, 0.25) is 0 Å². The molecular formula is C10H14O2. The van der Waals surface area contributed by atoms with E-state index in [1.165, 1.54) is 19.3 Å². The molecule has 0 amide bonds. The van der Waals surface area contributed by atoms with Crippen molar-refractivity contribution >= 4 is 5.78 Å². The number of rotatable bonds is 0. The molecule has 2 saturated carbocycles. The van der Waals surface area contributed by atoms with E-state index in [1.807, 2.05) is 0 Å². The molecule has 0 radical (unpaired) electrons. The molecule has 0 bridgehead atoms. The topological polar surface area (TPSA) is 26.3 Å². The minimum Gasteiger partial charge on any atom is -0.380 e. The molecule has 1 saturated heterocycles. The SMILES string of the molecule is O=C1[C@H]2CCCC[C@]23COC[C@H]13. The molecule has 0 aromatic carbocycles. The zero-order valence-electron chi connectivity index (χ0n) is 7.21. The maximum atomic E-state index is 11.6. The molecule has 3 atom stereocenters. The standard InChI is InChI=1S/C10H14O2/c11-9-7-3-1-2-4-10(7)6-12-5-8(9)10/h7-8H,1-6H2/t7-,8-,10+/m1/s1. The molecule has 3 aliphatic rings. The first-order chi connectivity index (χ1) is 5.84. The van der Waals surface area contributed by atoms with Crippen molar-refractivity contribution in [1.82, 2.24) is 0 Å². The van der Waals surface area contributed by atoms with E-state index < -0.39 is 0 Å². The van der Waals surface area contributed by atoms with Gasteiger partial charge in [0.25, 0.3) is 0 Å². The van der Waals surface area contributed by atoms with E-state index in [0.29, 0.717) is 23.0 Å². The molecular weight excluding hydrogens is 152 g/mol. The Kier molecular flexibility index (Phi) is 1.24. The molecule has 1 heterocycles. The van der Waals surface area contributed by atoms with Gasteiger partial charge >= 0.3 is 0 Å². The van der Waals surface area contributed by atoms with Crippen molar-refractivity contribution in [1.29, 1.82) is 0 Å². The molecule has 2 nitrogen and oxygen atoms in total. The maximum Gasteiger partial charge on any atom is 0.142 e. The Morgan fingerprint density at radius 2 is 2.25 bits per heavy atom. The van der Waals surface area contributed by atoms with E-state index in [4.69, 9.17) is 4.74 Å². The first-order valence-corrected chi connectivity index (χ1v) is 4.96. The lowest BCUT2D eigenvalue weighted by atomic mass is 9.48. The van der Waals surface area contributed by atoms with Crippen LogP contribution in [-0.4, -0.2) is 19.0 Å². The number of Topliss-reactive ketones (excluding diaryl/α,β-unsaturated/α-hetero) is 1. The molecule has 0 unspecified atom stereocenters.